The molecule has 1 aliphatic heterocycles. The lowest BCUT2D eigenvalue weighted by Gasteiger charge is -2.16. The molecule has 26 heavy (non-hydrogen) atoms. The van der Waals surface area contributed by atoms with Crippen LogP contribution >= 0.6 is 0 Å². The van der Waals surface area contributed by atoms with Gasteiger partial charge in [0.2, 0.25) is 15.9 Å². The summed E-state index contributed by atoms with van der Waals surface area (Å²) in [5, 5.41) is 2.83. The van der Waals surface area contributed by atoms with Crippen LogP contribution in [-0.4, -0.2) is 26.0 Å². The van der Waals surface area contributed by atoms with Crippen molar-refractivity contribution in [3.8, 4) is 0 Å². The van der Waals surface area contributed by atoms with Crippen molar-refractivity contribution in [2.24, 2.45) is 5.92 Å². The standard InChI is InChI=1S/C19H20N2O4S/c1-12-6-4-9-17(14(12)3)20-18(22)15-7-5-8-16(10-15)21-19(23)13(2)11-26(21,24)25/h4-10,13H,11H2,1-3H3,(H,20,22)/t13-/m1/s1. The molecule has 1 aliphatic rings. The van der Waals surface area contributed by atoms with E-state index in [0.717, 1.165) is 15.4 Å². The molecule has 1 saturated heterocycles. The molecular formula is C19H20N2O4S. The Balaban J connectivity index is 1.91. The zero-order valence-electron chi connectivity index (χ0n) is 14.8. The van der Waals surface area contributed by atoms with Crippen molar-refractivity contribution in [2.45, 2.75) is 20.8 Å². The Bertz CT molecular complexity index is 998. The van der Waals surface area contributed by atoms with E-state index in [1.807, 2.05) is 26.0 Å². The lowest BCUT2D eigenvalue weighted by Crippen LogP contribution is -2.30. The molecule has 3 rings (SSSR count). The first-order chi connectivity index (χ1) is 12.2. The number of anilines is 2. The van der Waals surface area contributed by atoms with Gasteiger partial charge in [0.25, 0.3) is 5.91 Å². The van der Waals surface area contributed by atoms with Crippen molar-refractivity contribution in [3.63, 3.8) is 0 Å². The van der Waals surface area contributed by atoms with Crippen molar-refractivity contribution in [3.05, 3.63) is 59.2 Å². The number of carbonyl (C=O) groups excluding carboxylic acids is 2. The zero-order valence-corrected chi connectivity index (χ0v) is 15.6. The van der Waals surface area contributed by atoms with Gasteiger partial charge in [-0.2, -0.15) is 0 Å². The van der Waals surface area contributed by atoms with Gasteiger partial charge in [0.1, 0.15) is 0 Å². The number of aryl methyl sites for hydroxylation is 1. The van der Waals surface area contributed by atoms with Gasteiger partial charge in [-0.05, 0) is 49.2 Å². The van der Waals surface area contributed by atoms with Crippen LogP contribution in [0.3, 0.4) is 0 Å². The van der Waals surface area contributed by atoms with Crippen molar-refractivity contribution < 1.29 is 18.0 Å². The molecule has 2 aromatic rings. The van der Waals surface area contributed by atoms with Crippen LogP contribution in [0.1, 0.15) is 28.4 Å². The Morgan fingerprint density at radius 1 is 1.15 bits per heavy atom. The summed E-state index contributed by atoms with van der Waals surface area (Å²) in [6.45, 7) is 5.45. The predicted octanol–water partition coefficient (Wildman–Crippen LogP) is 2.87. The maximum absolute atomic E-state index is 12.6. The van der Waals surface area contributed by atoms with Gasteiger partial charge in [0, 0.05) is 11.3 Å². The summed E-state index contributed by atoms with van der Waals surface area (Å²) in [4.78, 5) is 24.8. The van der Waals surface area contributed by atoms with Gasteiger partial charge in [-0.25, -0.2) is 12.7 Å². The van der Waals surface area contributed by atoms with E-state index in [1.54, 1.807) is 25.1 Å². The normalized spacial score (nSPS) is 18.8. The number of sulfonamides is 1. The number of nitrogens with one attached hydrogen (secondary N) is 1. The summed E-state index contributed by atoms with van der Waals surface area (Å²) in [7, 11) is -3.70. The van der Waals surface area contributed by atoms with Gasteiger partial charge in [-0.3, -0.25) is 9.59 Å². The summed E-state index contributed by atoms with van der Waals surface area (Å²) in [6, 6.07) is 11.7. The summed E-state index contributed by atoms with van der Waals surface area (Å²) < 4.78 is 25.3. The van der Waals surface area contributed by atoms with Crippen LogP contribution in [0.5, 0.6) is 0 Å². The first-order valence-corrected chi connectivity index (χ1v) is 9.86. The molecule has 2 amide bonds. The fourth-order valence-electron chi connectivity index (χ4n) is 2.94. The maximum Gasteiger partial charge on any atom is 0.255 e. The smallest absolute Gasteiger partial charge is 0.255 e. The second-order valence-corrected chi connectivity index (χ2v) is 8.40. The highest BCUT2D eigenvalue weighted by atomic mass is 32.2. The van der Waals surface area contributed by atoms with Crippen LogP contribution in [-0.2, 0) is 14.8 Å². The monoisotopic (exact) mass is 372 g/mol. The third-order valence-electron chi connectivity index (χ3n) is 4.56. The van der Waals surface area contributed by atoms with Crippen molar-refractivity contribution in [2.75, 3.05) is 15.4 Å². The van der Waals surface area contributed by atoms with E-state index in [0.29, 0.717) is 5.69 Å². The van der Waals surface area contributed by atoms with Crippen LogP contribution in [0.2, 0.25) is 0 Å². The van der Waals surface area contributed by atoms with E-state index in [2.05, 4.69) is 5.32 Å². The summed E-state index contributed by atoms with van der Waals surface area (Å²) in [6.07, 6.45) is 0. The Hall–Kier alpha value is -2.67. The fourth-order valence-corrected chi connectivity index (χ4v) is 4.75. The van der Waals surface area contributed by atoms with E-state index in [-0.39, 0.29) is 22.9 Å². The Labute approximate surface area is 152 Å². The molecular weight excluding hydrogens is 352 g/mol. The summed E-state index contributed by atoms with van der Waals surface area (Å²) >= 11 is 0. The third kappa shape index (κ3) is 3.22. The molecule has 0 aliphatic carbocycles. The molecule has 0 saturated carbocycles. The quantitative estimate of drug-likeness (QED) is 0.898. The van der Waals surface area contributed by atoms with Gasteiger partial charge in [-0.1, -0.05) is 25.1 Å². The number of hydrogen-bond acceptors (Lipinski definition) is 4. The molecule has 7 heteroatoms. The molecule has 6 nitrogen and oxygen atoms in total. The molecule has 1 atom stereocenters. The van der Waals surface area contributed by atoms with E-state index >= 15 is 0 Å². The highest BCUT2D eigenvalue weighted by Crippen LogP contribution is 2.29. The first-order valence-electron chi connectivity index (χ1n) is 8.25. The van der Waals surface area contributed by atoms with Crippen LogP contribution in [0.4, 0.5) is 11.4 Å². The number of rotatable bonds is 3. The second-order valence-electron chi connectivity index (χ2n) is 6.53. The number of carbonyl (C=O) groups is 2. The molecule has 0 bridgehead atoms. The van der Waals surface area contributed by atoms with Gasteiger partial charge in [-0.15, -0.1) is 0 Å². The molecule has 1 fully saturated rings. The Morgan fingerprint density at radius 2 is 1.85 bits per heavy atom. The lowest BCUT2D eigenvalue weighted by molar-refractivity contribution is -0.119. The van der Waals surface area contributed by atoms with E-state index in [9.17, 15) is 18.0 Å². The molecule has 0 unspecified atom stereocenters. The summed E-state index contributed by atoms with van der Waals surface area (Å²) in [5.41, 5.74) is 3.18. The zero-order chi connectivity index (χ0) is 19.1. The average molecular weight is 372 g/mol. The fraction of sp³-hybridized carbons (Fsp3) is 0.263. The second kappa shape index (κ2) is 6.57. The van der Waals surface area contributed by atoms with Crippen LogP contribution in [0.15, 0.2) is 42.5 Å². The number of nitrogens with zero attached hydrogens (tertiary/aromatic N) is 1. The maximum atomic E-state index is 12.6. The largest absolute Gasteiger partial charge is 0.322 e. The van der Waals surface area contributed by atoms with E-state index in [4.69, 9.17) is 0 Å². The molecule has 136 valence electrons. The minimum absolute atomic E-state index is 0.188. The minimum Gasteiger partial charge on any atom is -0.322 e. The van der Waals surface area contributed by atoms with Gasteiger partial charge >= 0.3 is 0 Å². The van der Waals surface area contributed by atoms with Crippen LogP contribution < -0.4 is 9.62 Å². The molecule has 1 heterocycles. The van der Waals surface area contributed by atoms with Crippen LogP contribution in [0, 0.1) is 19.8 Å². The van der Waals surface area contributed by atoms with Crippen molar-refractivity contribution >= 4 is 33.2 Å². The lowest BCUT2D eigenvalue weighted by atomic mass is 10.1. The highest BCUT2D eigenvalue weighted by molar-refractivity contribution is 7.94. The first kappa shape index (κ1) is 18.1. The number of benzene rings is 2. The molecule has 0 radical (unpaired) electrons. The molecule has 1 N–H and O–H groups in total. The molecule has 2 aromatic carbocycles. The molecule has 0 aromatic heterocycles. The third-order valence-corrected chi connectivity index (χ3v) is 6.42. The Morgan fingerprint density at radius 3 is 2.50 bits per heavy atom. The molecule has 0 spiro atoms. The Kier molecular flexibility index (Phi) is 4.58. The van der Waals surface area contributed by atoms with E-state index in [1.165, 1.54) is 12.1 Å². The number of hydrogen-bond donors (Lipinski definition) is 1. The topological polar surface area (TPSA) is 83.6 Å². The minimum atomic E-state index is -3.70. The van der Waals surface area contributed by atoms with Gasteiger partial charge in [0.15, 0.2) is 0 Å². The average Bonchev–Trinajstić information content (AvgIpc) is 2.79. The summed E-state index contributed by atoms with van der Waals surface area (Å²) in [5.74, 6) is -1.65. The number of amides is 2. The van der Waals surface area contributed by atoms with Crippen molar-refractivity contribution in [1.29, 1.82) is 0 Å². The van der Waals surface area contributed by atoms with Gasteiger partial charge < -0.3 is 5.32 Å². The van der Waals surface area contributed by atoms with Crippen molar-refractivity contribution in [1.82, 2.24) is 0 Å². The van der Waals surface area contributed by atoms with Crippen LogP contribution in [0.25, 0.3) is 0 Å². The van der Waals surface area contributed by atoms with E-state index < -0.39 is 21.8 Å². The SMILES string of the molecule is Cc1cccc(NC(=O)c2cccc(N3C(=O)[C@H](C)CS3(=O)=O)c2)c1C. The predicted molar refractivity (Wildman–Crippen MR) is 101 cm³/mol. The van der Waals surface area contributed by atoms with Gasteiger partial charge in [0.05, 0.1) is 17.4 Å². The highest BCUT2D eigenvalue weighted by Gasteiger charge is 2.42.